The lowest BCUT2D eigenvalue weighted by Gasteiger charge is -2.51. The Morgan fingerprint density at radius 1 is 1.00 bits per heavy atom. The second-order valence-corrected chi connectivity index (χ2v) is 7.76. The molecule has 110 valence electrons. The smallest absolute Gasteiger partial charge is 0.282 e. The van der Waals surface area contributed by atoms with E-state index >= 15 is 0 Å². The van der Waals surface area contributed by atoms with Gasteiger partial charge in [0.15, 0.2) is 0 Å². The zero-order valence-corrected chi connectivity index (χ0v) is 11.9. The zero-order valence-electron chi connectivity index (χ0n) is 11.1. The van der Waals surface area contributed by atoms with Crippen molar-refractivity contribution in [1.82, 2.24) is 8.61 Å². The van der Waals surface area contributed by atoms with Crippen LogP contribution in [0.5, 0.6) is 0 Å². The highest BCUT2D eigenvalue weighted by atomic mass is 32.2. The molecule has 2 aliphatic heterocycles. The number of piperidine rings is 1. The van der Waals surface area contributed by atoms with Gasteiger partial charge in [-0.1, -0.05) is 0 Å². The van der Waals surface area contributed by atoms with Crippen LogP contribution >= 0.6 is 0 Å². The van der Waals surface area contributed by atoms with E-state index in [-0.39, 0.29) is 11.5 Å². The van der Waals surface area contributed by atoms with E-state index in [9.17, 15) is 13.5 Å². The van der Waals surface area contributed by atoms with Crippen molar-refractivity contribution in [2.24, 2.45) is 5.41 Å². The molecule has 2 saturated heterocycles. The third-order valence-electron chi connectivity index (χ3n) is 4.96. The molecule has 3 fully saturated rings. The largest absolute Gasteiger partial charge is 0.393 e. The van der Waals surface area contributed by atoms with Crippen molar-refractivity contribution in [1.29, 1.82) is 0 Å². The number of ether oxygens (including phenoxy) is 1. The molecule has 0 radical (unpaired) electrons. The highest BCUT2D eigenvalue weighted by molar-refractivity contribution is 7.86. The van der Waals surface area contributed by atoms with Gasteiger partial charge >= 0.3 is 0 Å². The van der Waals surface area contributed by atoms with Gasteiger partial charge in [0.05, 0.1) is 19.3 Å². The molecule has 3 aliphatic rings. The quantitative estimate of drug-likeness (QED) is 0.765. The van der Waals surface area contributed by atoms with Crippen LogP contribution in [0.25, 0.3) is 0 Å². The van der Waals surface area contributed by atoms with E-state index in [2.05, 4.69) is 0 Å². The van der Waals surface area contributed by atoms with Gasteiger partial charge in [0.25, 0.3) is 10.2 Å². The van der Waals surface area contributed by atoms with Crippen LogP contribution in [0.4, 0.5) is 0 Å². The first-order valence-electron chi connectivity index (χ1n) is 7.06. The molecule has 1 N–H and O–H groups in total. The number of aliphatic hydroxyl groups is 1. The Hall–Kier alpha value is -0.210. The van der Waals surface area contributed by atoms with E-state index in [4.69, 9.17) is 4.74 Å². The van der Waals surface area contributed by atoms with Crippen molar-refractivity contribution in [3.05, 3.63) is 0 Å². The van der Waals surface area contributed by atoms with Crippen LogP contribution in [0, 0.1) is 5.41 Å². The van der Waals surface area contributed by atoms with Gasteiger partial charge in [-0.3, -0.25) is 0 Å². The molecule has 0 bridgehead atoms. The highest BCUT2D eigenvalue weighted by Gasteiger charge is 2.49. The summed E-state index contributed by atoms with van der Waals surface area (Å²) >= 11 is 0. The first-order chi connectivity index (χ1) is 9.05. The van der Waals surface area contributed by atoms with Gasteiger partial charge in [-0.05, 0) is 31.1 Å². The molecular formula is C12H22N2O4S. The number of hydrogen-bond donors (Lipinski definition) is 1. The lowest BCUT2D eigenvalue weighted by Crippen LogP contribution is -2.56. The summed E-state index contributed by atoms with van der Waals surface area (Å²) in [5.41, 5.74) is 0.0109. The molecule has 1 spiro atoms. The lowest BCUT2D eigenvalue weighted by molar-refractivity contribution is -0.0916. The highest BCUT2D eigenvalue weighted by Crippen LogP contribution is 2.49. The zero-order chi connectivity index (χ0) is 13.5. The van der Waals surface area contributed by atoms with Crippen LogP contribution in [0.1, 0.15) is 25.7 Å². The number of rotatable bonds is 2. The van der Waals surface area contributed by atoms with E-state index in [0.29, 0.717) is 39.4 Å². The molecule has 1 aliphatic carbocycles. The minimum Gasteiger partial charge on any atom is -0.393 e. The summed E-state index contributed by atoms with van der Waals surface area (Å²) < 4.78 is 33.2. The van der Waals surface area contributed by atoms with Crippen molar-refractivity contribution in [2.45, 2.75) is 31.8 Å². The molecule has 0 aromatic rings. The van der Waals surface area contributed by atoms with Crippen LogP contribution in [0.15, 0.2) is 0 Å². The summed E-state index contributed by atoms with van der Waals surface area (Å²) in [6.45, 7) is 2.94. The van der Waals surface area contributed by atoms with Crippen molar-refractivity contribution in [2.75, 3.05) is 39.4 Å². The van der Waals surface area contributed by atoms with Gasteiger partial charge in [0.1, 0.15) is 0 Å². The van der Waals surface area contributed by atoms with Gasteiger partial charge in [-0.2, -0.15) is 17.0 Å². The fourth-order valence-electron chi connectivity index (χ4n) is 3.37. The minimum absolute atomic E-state index is 0.0109. The molecule has 19 heavy (non-hydrogen) atoms. The first kappa shape index (κ1) is 13.8. The van der Waals surface area contributed by atoms with E-state index < -0.39 is 10.2 Å². The predicted molar refractivity (Wildman–Crippen MR) is 69.8 cm³/mol. The van der Waals surface area contributed by atoms with E-state index in [1.165, 1.54) is 4.31 Å². The molecule has 0 aromatic heterocycles. The van der Waals surface area contributed by atoms with Crippen LogP contribution in [0.2, 0.25) is 0 Å². The number of aliphatic hydroxyl groups excluding tert-OH is 1. The van der Waals surface area contributed by atoms with Gasteiger partial charge in [-0.15, -0.1) is 0 Å². The fraction of sp³-hybridized carbons (Fsp3) is 1.00. The second-order valence-electron chi connectivity index (χ2n) is 5.84. The van der Waals surface area contributed by atoms with Crippen molar-refractivity contribution >= 4 is 10.2 Å². The molecule has 1 atom stereocenters. The van der Waals surface area contributed by atoms with Gasteiger partial charge in [0, 0.05) is 26.2 Å². The van der Waals surface area contributed by atoms with Gasteiger partial charge in [0.2, 0.25) is 0 Å². The summed E-state index contributed by atoms with van der Waals surface area (Å²) in [5.74, 6) is 0. The van der Waals surface area contributed by atoms with E-state index in [0.717, 1.165) is 25.7 Å². The van der Waals surface area contributed by atoms with Crippen LogP contribution in [-0.4, -0.2) is 67.6 Å². The third-order valence-corrected chi connectivity index (χ3v) is 7.00. The number of hydrogen-bond acceptors (Lipinski definition) is 4. The van der Waals surface area contributed by atoms with Crippen molar-refractivity contribution in [3.8, 4) is 0 Å². The minimum atomic E-state index is -3.33. The number of morpholine rings is 1. The van der Waals surface area contributed by atoms with Crippen molar-refractivity contribution < 1.29 is 18.3 Å². The molecule has 0 aromatic carbocycles. The Morgan fingerprint density at radius 3 is 2.05 bits per heavy atom. The second kappa shape index (κ2) is 4.96. The van der Waals surface area contributed by atoms with Crippen LogP contribution < -0.4 is 0 Å². The average Bonchev–Trinajstić information content (AvgIpc) is 2.46. The molecule has 7 heteroatoms. The SMILES string of the molecule is O=S(=O)(N1CCOCC1)N1CCC2(CCC2O)CC1. The fourth-order valence-corrected chi connectivity index (χ4v) is 4.95. The first-order valence-corrected chi connectivity index (χ1v) is 8.45. The summed E-state index contributed by atoms with van der Waals surface area (Å²) in [4.78, 5) is 0. The van der Waals surface area contributed by atoms with Crippen LogP contribution in [0.3, 0.4) is 0 Å². The Labute approximate surface area is 114 Å². The summed E-state index contributed by atoms with van der Waals surface area (Å²) in [7, 11) is -3.33. The van der Waals surface area contributed by atoms with E-state index in [1.54, 1.807) is 4.31 Å². The summed E-state index contributed by atoms with van der Waals surface area (Å²) in [6, 6.07) is 0. The maximum atomic E-state index is 12.5. The van der Waals surface area contributed by atoms with Crippen LogP contribution in [-0.2, 0) is 14.9 Å². The molecule has 0 amide bonds. The summed E-state index contributed by atoms with van der Waals surface area (Å²) in [5, 5.41) is 9.87. The third kappa shape index (κ3) is 2.31. The topological polar surface area (TPSA) is 70.1 Å². The van der Waals surface area contributed by atoms with Gasteiger partial charge in [-0.25, -0.2) is 0 Å². The molecule has 1 unspecified atom stereocenters. The molecule has 3 rings (SSSR count). The molecule has 2 heterocycles. The maximum Gasteiger partial charge on any atom is 0.282 e. The Morgan fingerprint density at radius 2 is 1.58 bits per heavy atom. The molecular weight excluding hydrogens is 268 g/mol. The monoisotopic (exact) mass is 290 g/mol. The predicted octanol–water partition coefficient (Wildman–Crippen LogP) is -0.200. The maximum absolute atomic E-state index is 12.5. The number of nitrogens with zero attached hydrogens (tertiary/aromatic N) is 2. The van der Waals surface area contributed by atoms with E-state index in [1.807, 2.05) is 0 Å². The average molecular weight is 290 g/mol. The normalized spacial score (nSPS) is 33.2. The molecule has 6 nitrogen and oxygen atoms in total. The Kier molecular flexibility index (Phi) is 3.59. The van der Waals surface area contributed by atoms with Gasteiger partial charge < -0.3 is 9.84 Å². The Bertz CT molecular complexity index is 425. The molecule has 1 saturated carbocycles. The lowest BCUT2D eigenvalue weighted by atomic mass is 9.61. The standard InChI is InChI=1S/C12H22N2O4S/c15-11-1-2-12(11)3-5-13(6-4-12)19(16,17)14-7-9-18-10-8-14/h11,15H,1-10H2. The van der Waals surface area contributed by atoms with Crippen molar-refractivity contribution in [3.63, 3.8) is 0 Å². The Balaban J connectivity index is 1.64. The summed E-state index contributed by atoms with van der Waals surface area (Å²) in [6.07, 6.45) is 3.27.